The van der Waals surface area contributed by atoms with Gasteiger partial charge in [-0.3, -0.25) is 4.79 Å². The van der Waals surface area contributed by atoms with Crippen LogP contribution in [0.25, 0.3) is 0 Å². The van der Waals surface area contributed by atoms with E-state index in [-0.39, 0.29) is 17.6 Å². The second kappa shape index (κ2) is 7.95. The Morgan fingerprint density at radius 1 is 1.07 bits per heavy atom. The summed E-state index contributed by atoms with van der Waals surface area (Å²) in [7, 11) is 0.123. The molecule has 144 valence electrons. The lowest BCUT2D eigenvalue weighted by molar-refractivity contribution is 0.102. The molecule has 0 saturated carbocycles. The van der Waals surface area contributed by atoms with Crippen LogP contribution in [0.2, 0.25) is 0 Å². The second-order valence-corrected chi connectivity index (χ2v) is 8.01. The van der Waals surface area contributed by atoms with Crippen molar-refractivity contribution in [2.24, 2.45) is 0 Å². The van der Waals surface area contributed by atoms with Crippen LogP contribution in [0.15, 0.2) is 47.4 Å². The number of hydrogen-bond donors (Lipinski definition) is 2. The van der Waals surface area contributed by atoms with Gasteiger partial charge in [-0.05, 0) is 50.5 Å². The van der Waals surface area contributed by atoms with Crippen molar-refractivity contribution in [1.82, 2.24) is 9.62 Å². The average molecular weight is 391 g/mol. The van der Waals surface area contributed by atoms with Crippen molar-refractivity contribution >= 4 is 21.6 Å². The Hall–Kier alpha value is -2.62. The number of ether oxygens (including phenoxy) is 2. The van der Waals surface area contributed by atoms with Gasteiger partial charge in [-0.15, -0.1) is 0 Å². The summed E-state index contributed by atoms with van der Waals surface area (Å²) in [5, 5.41) is 2.75. The van der Waals surface area contributed by atoms with Crippen molar-refractivity contribution in [3.63, 3.8) is 0 Å². The zero-order valence-corrected chi connectivity index (χ0v) is 15.9. The van der Waals surface area contributed by atoms with Crippen molar-refractivity contribution in [1.29, 1.82) is 0 Å². The molecule has 1 amide bonds. The summed E-state index contributed by atoms with van der Waals surface area (Å²) in [4.78, 5) is 14.4. The number of benzene rings is 2. The van der Waals surface area contributed by atoms with E-state index in [9.17, 15) is 13.2 Å². The number of likely N-dealkylation sites (N-methyl/N-ethyl adjacent to an activating group) is 1. The molecule has 0 spiro atoms. The highest BCUT2D eigenvalue weighted by atomic mass is 32.2. The van der Waals surface area contributed by atoms with Crippen LogP contribution in [-0.4, -0.2) is 53.2 Å². The third kappa shape index (κ3) is 4.76. The summed E-state index contributed by atoms with van der Waals surface area (Å²) in [6.45, 7) is 1.06. The number of nitrogens with zero attached hydrogens (tertiary/aromatic N) is 1. The summed E-state index contributed by atoms with van der Waals surface area (Å²) in [6, 6.07) is 10.9. The second-order valence-electron chi connectivity index (χ2n) is 6.25. The lowest BCUT2D eigenvalue weighted by Gasteiger charge is -2.11. The molecule has 1 heterocycles. The third-order valence-corrected chi connectivity index (χ3v) is 5.39. The minimum Gasteiger partial charge on any atom is -0.454 e. The van der Waals surface area contributed by atoms with Gasteiger partial charge in [0.1, 0.15) is 0 Å². The van der Waals surface area contributed by atoms with E-state index in [1.165, 1.54) is 24.3 Å². The number of sulfonamides is 1. The normalized spacial score (nSPS) is 13.0. The molecule has 2 aromatic carbocycles. The Bertz CT molecular complexity index is 927. The molecule has 0 radical (unpaired) electrons. The monoisotopic (exact) mass is 391 g/mol. The minimum atomic E-state index is -3.60. The fourth-order valence-electron chi connectivity index (χ4n) is 2.45. The number of fused-ring (bicyclic) bond motifs is 1. The standard InChI is InChI=1S/C18H21N3O5S/c1-21(2)10-9-19-27(23,24)15-6-3-13(4-7-15)18(22)20-14-5-8-16-17(11-14)26-12-25-16/h3-8,11,19H,9-10,12H2,1-2H3,(H,20,22). The molecule has 2 N–H and O–H groups in total. The zero-order chi connectivity index (χ0) is 19.4. The number of rotatable bonds is 7. The number of hydrogen-bond acceptors (Lipinski definition) is 6. The van der Waals surface area contributed by atoms with Gasteiger partial charge < -0.3 is 19.7 Å². The fraction of sp³-hybridized carbons (Fsp3) is 0.278. The van der Waals surface area contributed by atoms with E-state index < -0.39 is 10.0 Å². The maximum Gasteiger partial charge on any atom is 0.255 e. The predicted molar refractivity (Wildman–Crippen MR) is 101 cm³/mol. The highest BCUT2D eigenvalue weighted by molar-refractivity contribution is 7.89. The smallest absolute Gasteiger partial charge is 0.255 e. The third-order valence-electron chi connectivity index (χ3n) is 3.91. The molecule has 2 aromatic rings. The Labute approximate surface area is 158 Å². The van der Waals surface area contributed by atoms with E-state index in [4.69, 9.17) is 9.47 Å². The first-order chi connectivity index (χ1) is 12.8. The van der Waals surface area contributed by atoms with Crippen LogP contribution in [0.1, 0.15) is 10.4 Å². The van der Waals surface area contributed by atoms with Crippen molar-refractivity contribution in [2.45, 2.75) is 4.90 Å². The lowest BCUT2D eigenvalue weighted by atomic mass is 10.2. The molecular formula is C18H21N3O5S. The van der Waals surface area contributed by atoms with E-state index in [1.807, 2.05) is 19.0 Å². The molecule has 0 atom stereocenters. The first-order valence-corrected chi connectivity index (χ1v) is 9.79. The molecule has 9 heteroatoms. The summed E-state index contributed by atoms with van der Waals surface area (Å²) >= 11 is 0. The topological polar surface area (TPSA) is 97.0 Å². The molecule has 0 unspecified atom stereocenters. The van der Waals surface area contributed by atoms with Gasteiger partial charge in [0.15, 0.2) is 11.5 Å². The zero-order valence-electron chi connectivity index (χ0n) is 15.1. The van der Waals surface area contributed by atoms with Crippen LogP contribution >= 0.6 is 0 Å². The van der Waals surface area contributed by atoms with Gasteiger partial charge in [0.2, 0.25) is 16.8 Å². The van der Waals surface area contributed by atoms with E-state index in [0.29, 0.717) is 35.8 Å². The van der Waals surface area contributed by atoms with E-state index in [1.54, 1.807) is 18.2 Å². The van der Waals surface area contributed by atoms with Crippen LogP contribution in [-0.2, 0) is 10.0 Å². The molecule has 0 bridgehead atoms. The quantitative estimate of drug-likeness (QED) is 0.743. The Kier molecular flexibility index (Phi) is 5.64. The fourth-order valence-corrected chi connectivity index (χ4v) is 3.47. The molecule has 0 aromatic heterocycles. The van der Waals surface area contributed by atoms with E-state index >= 15 is 0 Å². The number of amides is 1. The van der Waals surface area contributed by atoms with Gasteiger partial charge in [0, 0.05) is 30.4 Å². The SMILES string of the molecule is CN(C)CCNS(=O)(=O)c1ccc(C(=O)Nc2ccc3c(c2)OCO3)cc1. The van der Waals surface area contributed by atoms with Crippen LogP contribution in [0, 0.1) is 0 Å². The number of carbonyl (C=O) groups is 1. The number of nitrogens with one attached hydrogen (secondary N) is 2. The molecule has 0 fully saturated rings. The van der Waals surface area contributed by atoms with Crippen LogP contribution in [0.4, 0.5) is 5.69 Å². The Morgan fingerprint density at radius 2 is 1.78 bits per heavy atom. The molecule has 27 heavy (non-hydrogen) atoms. The maximum absolute atomic E-state index is 12.4. The number of anilines is 1. The molecule has 3 rings (SSSR count). The Morgan fingerprint density at radius 3 is 2.48 bits per heavy atom. The minimum absolute atomic E-state index is 0.112. The van der Waals surface area contributed by atoms with Gasteiger partial charge in [-0.2, -0.15) is 0 Å². The van der Waals surface area contributed by atoms with Gasteiger partial charge in [0.25, 0.3) is 5.91 Å². The lowest BCUT2D eigenvalue weighted by Crippen LogP contribution is -2.31. The first kappa shape index (κ1) is 19.2. The van der Waals surface area contributed by atoms with E-state index in [2.05, 4.69) is 10.0 Å². The van der Waals surface area contributed by atoms with Crippen LogP contribution in [0.5, 0.6) is 11.5 Å². The molecular weight excluding hydrogens is 370 g/mol. The highest BCUT2D eigenvalue weighted by Gasteiger charge is 2.16. The van der Waals surface area contributed by atoms with Gasteiger partial charge in [-0.25, -0.2) is 13.1 Å². The average Bonchev–Trinajstić information content (AvgIpc) is 3.09. The summed E-state index contributed by atoms with van der Waals surface area (Å²) < 4.78 is 37.5. The predicted octanol–water partition coefficient (Wildman–Crippen LogP) is 1.51. The van der Waals surface area contributed by atoms with Crippen LogP contribution in [0.3, 0.4) is 0 Å². The highest BCUT2D eigenvalue weighted by Crippen LogP contribution is 2.34. The molecule has 0 saturated heterocycles. The largest absolute Gasteiger partial charge is 0.454 e. The molecule has 8 nitrogen and oxygen atoms in total. The van der Waals surface area contributed by atoms with Crippen molar-refractivity contribution < 1.29 is 22.7 Å². The van der Waals surface area contributed by atoms with E-state index in [0.717, 1.165) is 0 Å². The Balaban J connectivity index is 1.65. The molecule has 1 aliphatic rings. The summed E-state index contributed by atoms with van der Waals surface area (Å²) in [5.74, 6) is 0.848. The van der Waals surface area contributed by atoms with Gasteiger partial charge in [-0.1, -0.05) is 0 Å². The van der Waals surface area contributed by atoms with Crippen molar-refractivity contribution in [3.05, 3.63) is 48.0 Å². The van der Waals surface area contributed by atoms with Crippen molar-refractivity contribution in [2.75, 3.05) is 39.3 Å². The van der Waals surface area contributed by atoms with Crippen LogP contribution < -0.4 is 19.5 Å². The number of carbonyl (C=O) groups excluding carboxylic acids is 1. The summed E-state index contributed by atoms with van der Waals surface area (Å²) in [6.07, 6.45) is 0. The van der Waals surface area contributed by atoms with Crippen molar-refractivity contribution in [3.8, 4) is 11.5 Å². The first-order valence-electron chi connectivity index (χ1n) is 8.30. The maximum atomic E-state index is 12.4. The van der Waals surface area contributed by atoms with Gasteiger partial charge >= 0.3 is 0 Å². The summed E-state index contributed by atoms with van der Waals surface area (Å²) in [5.41, 5.74) is 0.909. The molecule has 1 aliphatic heterocycles. The molecule has 0 aliphatic carbocycles. The van der Waals surface area contributed by atoms with Gasteiger partial charge in [0.05, 0.1) is 4.90 Å².